The average molecular weight is 280 g/mol. The Morgan fingerprint density at radius 3 is 2.90 bits per heavy atom. The van der Waals surface area contributed by atoms with Gasteiger partial charge in [0.05, 0.1) is 0 Å². The third-order valence-electron chi connectivity index (χ3n) is 3.05. The summed E-state index contributed by atoms with van der Waals surface area (Å²) in [5.41, 5.74) is 2.92. The van der Waals surface area contributed by atoms with Gasteiger partial charge in [-0.2, -0.15) is 0 Å². The minimum Gasteiger partial charge on any atom is -0.453 e. The van der Waals surface area contributed by atoms with Crippen LogP contribution in [0.15, 0.2) is 47.1 Å². The Hall–Kier alpha value is -2.95. The van der Waals surface area contributed by atoms with Crippen molar-refractivity contribution in [2.45, 2.75) is 6.92 Å². The van der Waals surface area contributed by atoms with Crippen molar-refractivity contribution in [1.29, 1.82) is 0 Å². The van der Waals surface area contributed by atoms with Gasteiger partial charge in [0.1, 0.15) is 5.58 Å². The molecule has 0 unspecified atom stereocenters. The molecule has 0 spiro atoms. The maximum absolute atomic E-state index is 11.1. The summed E-state index contributed by atoms with van der Waals surface area (Å²) in [5, 5.41) is 3.50. The van der Waals surface area contributed by atoms with Crippen LogP contribution in [0.25, 0.3) is 22.1 Å². The molecule has 5 heteroatoms. The quantitative estimate of drug-likeness (QED) is 0.747. The fraction of sp³-hybridized carbons (Fsp3) is 0.0625. The maximum atomic E-state index is 11.1. The number of hydrogen-bond acceptors (Lipinski definition) is 4. The summed E-state index contributed by atoms with van der Waals surface area (Å²) in [6.07, 6.45) is 3.98. The fourth-order valence-electron chi connectivity index (χ4n) is 2.21. The number of amides is 1. The molecule has 5 nitrogen and oxygen atoms in total. The number of rotatable bonds is 3. The van der Waals surface area contributed by atoms with E-state index in [0.29, 0.717) is 17.6 Å². The molecule has 0 saturated carbocycles. The van der Waals surface area contributed by atoms with Gasteiger partial charge in [-0.25, -0.2) is 0 Å². The highest BCUT2D eigenvalue weighted by Crippen LogP contribution is 2.30. The van der Waals surface area contributed by atoms with Gasteiger partial charge in [0, 0.05) is 36.0 Å². The highest BCUT2D eigenvalue weighted by molar-refractivity contribution is 5.96. The van der Waals surface area contributed by atoms with Crippen LogP contribution in [0.5, 0.6) is 0 Å². The number of nitrogens with one attached hydrogen (secondary N) is 1. The third-order valence-corrected chi connectivity index (χ3v) is 3.05. The van der Waals surface area contributed by atoms with Crippen LogP contribution in [0.4, 0.5) is 5.69 Å². The van der Waals surface area contributed by atoms with Crippen LogP contribution in [0.1, 0.15) is 17.5 Å². The van der Waals surface area contributed by atoms with E-state index >= 15 is 0 Å². The van der Waals surface area contributed by atoms with E-state index in [1.165, 1.54) is 6.92 Å². The van der Waals surface area contributed by atoms with Crippen LogP contribution in [-0.4, -0.2) is 17.2 Å². The van der Waals surface area contributed by atoms with E-state index in [-0.39, 0.29) is 11.7 Å². The van der Waals surface area contributed by atoms with Crippen molar-refractivity contribution in [3.05, 3.63) is 48.5 Å². The van der Waals surface area contributed by atoms with Crippen LogP contribution in [0.3, 0.4) is 0 Å². The lowest BCUT2D eigenvalue weighted by Gasteiger charge is -2.06. The Kier molecular flexibility index (Phi) is 3.23. The van der Waals surface area contributed by atoms with Crippen molar-refractivity contribution in [3.63, 3.8) is 0 Å². The van der Waals surface area contributed by atoms with E-state index in [0.717, 1.165) is 16.5 Å². The van der Waals surface area contributed by atoms with Gasteiger partial charge in [-0.1, -0.05) is 12.1 Å². The number of benzene rings is 1. The molecule has 1 N–H and O–H groups in total. The number of aromatic nitrogens is 1. The summed E-state index contributed by atoms with van der Waals surface area (Å²) in [7, 11) is 0. The summed E-state index contributed by atoms with van der Waals surface area (Å²) in [6, 6.07) is 9.02. The molecule has 2 heterocycles. The zero-order chi connectivity index (χ0) is 14.8. The van der Waals surface area contributed by atoms with Crippen molar-refractivity contribution < 1.29 is 14.0 Å². The smallest absolute Gasteiger partial charge is 0.221 e. The minimum atomic E-state index is -0.135. The summed E-state index contributed by atoms with van der Waals surface area (Å²) in [5.74, 6) is 0.127. The van der Waals surface area contributed by atoms with E-state index in [1.54, 1.807) is 24.5 Å². The number of anilines is 1. The number of furan rings is 1. The van der Waals surface area contributed by atoms with Crippen LogP contribution < -0.4 is 5.32 Å². The van der Waals surface area contributed by atoms with Crippen molar-refractivity contribution in [1.82, 2.24) is 4.98 Å². The van der Waals surface area contributed by atoms with Crippen LogP contribution in [-0.2, 0) is 4.79 Å². The topological polar surface area (TPSA) is 72.2 Å². The average Bonchev–Trinajstić information content (AvgIpc) is 2.89. The lowest BCUT2D eigenvalue weighted by molar-refractivity contribution is -0.114. The SMILES string of the molecule is CC(=O)Nc1cccc(-c2cncc3cc(C=O)oc23)c1. The van der Waals surface area contributed by atoms with Gasteiger partial charge in [0.15, 0.2) is 12.0 Å². The fourth-order valence-corrected chi connectivity index (χ4v) is 2.21. The Labute approximate surface area is 120 Å². The number of hydrogen-bond donors (Lipinski definition) is 1. The van der Waals surface area contributed by atoms with Crippen LogP contribution >= 0.6 is 0 Å². The molecule has 104 valence electrons. The zero-order valence-corrected chi connectivity index (χ0v) is 11.3. The lowest BCUT2D eigenvalue weighted by atomic mass is 10.1. The molecule has 1 amide bonds. The van der Waals surface area contributed by atoms with E-state index in [4.69, 9.17) is 4.42 Å². The monoisotopic (exact) mass is 280 g/mol. The van der Waals surface area contributed by atoms with Gasteiger partial charge in [-0.05, 0) is 23.8 Å². The maximum Gasteiger partial charge on any atom is 0.221 e. The van der Waals surface area contributed by atoms with Gasteiger partial charge >= 0.3 is 0 Å². The summed E-state index contributed by atoms with van der Waals surface area (Å²) < 4.78 is 5.53. The molecule has 2 aromatic heterocycles. The molecule has 21 heavy (non-hydrogen) atoms. The van der Waals surface area contributed by atoms with E-state index in [2.05, 4.69) is 10.3 Å². The number of fused-ring (bicyclic) bond motifs is 1. The molecule has 0 bridgehead atoms. The molecule has 0 radical (unpaired) electrons. The highest BCUT2D eigenvalue weighted by atomic mass is 16.3. The highest BCUT2D eigenvalue weighted by Gasteiger charge is 2.11. The van der Waals surface area contributed by atoms with E-state index in [1.807, 2.05) is 18.2 Å². The lowest BCUT2D eigenvalue weighted by Crippen LogP contribution is -2.05. The second-order valence-corrected chi connectivity index (χ2v) is 4.63. The van der Waals surface area contributed by atoms with Gasteiger partial charge in [0.25, 0.3) is 0 Å². The molecule has 1 aromatic carbocycles. The Morgan fingerprint density at radius 1 is 1.29 bits per heavy atom. The molecular weight excluding hydrogens is 268 g/mol. The summed E-state index contributed by atoms with van der Waals surface area (Å²) in [4.78, 5) is 26.1. The first kappa shape index (κ1) is 13.1. The Bertz CT molecular complexity index is 836. The first-order valence-electron chi connectivity index (χ1n) is 6.38. The normalized spacial score (nSPS) is 10.5. The number of nitrogens with zero attached hydrogens (tertiary/aromatic N) is 1. The van der Waals surface area contributed by atoms with Crippen molar-refractivity contribution >= 4 is 28.8 Å². The van der Waals surface area contributed by atoms with Gasteiger partial charge in [-0.3, -0.25) is 14.6 Å². The molecular formula is C16H12N2O3. The predicted octanol–water partition coefficient (Wildman–Crippen LogP) is 3.27. The van der Waals surface area contributed by atoms with Crippen LogP contribution in [0.2, 0.25) is 0 Å². The molecule has 3 rings (SSSR count). The van der Waals surface area contributed by atoms with Gasteiger partial charge < -0.3 is 9.73 Å². The molecule has 0 atom stereocenters. The minimum absolute atomic E-state index is 0.135. The molecule has 0 aliphatic rings. The first-order valence-corrected chi connectivity index (χ1v) is 6.38. The number of carbonyl (C=O) groups excluding carboxylic acids is 2. The molecule has 0 saturated heterocycles. The third kappa shape index (κ3) is 2.53. The van der Waals surface area contributed by atoms with Crippen molar-refractivity contribution in [2.24, 2.45) is 0 Å². The molecule has 3 aromatic rings. The first-order chi connectivity index (χ1) is 10.2. The Morgan fingerprint density at radius 2 is 2.14 bits per heavy atom. The van der Waals surface area contributed by atoms with E-state index in [9.17, 15) is 9.59 Å². The number of aldehydes is 1. The van der Waals surface area contributed by atoms with Crippen molar-refractivity contribution in [3.8, 4) is 11.1 Å². The predicted molar refractivity (Wildman–Crippen MR) is 79.1 cm³/mol. The number of pyridine rings is 1. The summed E-state index contributed by atoms with van der Waals surface area (Å²) >= 11 is 0. The standard InChI is InChI=1S/C16H12N2O3/c1-10(20)18-13-4-2-3-11(5-13)15-8-17-7-12-6-14(9-19)21-16(12)15/h2-9H,1H3,(H,18,20). The second kappa shape index (κ2) is 5.20. The molecule has 0 aliphatic heterocycles. The van der Waals surface area contributed by atoms with Gasteiger partial charge in [0.2, 0.25) is 5.91 Å². The molecule has 0 fully saturated rings. The van der Waals surface area contributed by atoms with Crippen molar-refractivity contribution in [2.75, 3.05) is 5.32 Å². The number of carbonyl (C=O) groups is 2. The zero-order valence-electron chi connectivity index (χ0n) is 11.3. The van der Waals surface area contributed by atoms with Gasteiger partial charge in [-0.15, -0.1) is 0 Å². The Balaban J connectivity index is 2.13. The second-order valence-electron chi connectivity index (χ2n) is 4.63. The summed E-state index contributed by atoms with van der Waals surface area (Å²) in [6.45, 7) is 1.46. The van der Waals surface area contributed by atoms with Crippen LogP contribution in [0, 0.1) is 0 Å². The van der Waals surface area contributed by atoms with E-state index < -0.39 is 0 Å². The molecule has 0 aliphatic carbocycles. The largest absolute Gasteiger partial charge is 0.453 e.